The molecule has 2 rings (SSSR count). The maximum Gasteiger partial charge on any atom is 0.315 e. The van der Waals surface area contributed by atoms with Gasteiger partial charge in [-0.2, -0.15) is 0 Å². The highest BCUT2D eigenvalue weighted by molar-refractivity contribution is 5.74. The van der Waals surface area contributed by atoms with Crippen LogP contribution in [0.2, 0.25) is 0 Å². The second kappa shape index (κ2) is 7.77. The number of aliphatic carboxylic acids is 1. The van der Waals surface area contributed by atoms with Gasteiger partial charge in [0.15, 0.2) is 0 Å². The standard InChI is InChI=1S/C16H23N3O3/c1-11-10-17-8-6-12(11)7-9-18-16(22)19-14-4-2-13(3-5-14)15(20)21/h6,8,10,13-14H,2-5,7,9H2,1H3,(H,20,21)(H2,18,19,22). The van der Waals surface area contributed by atoms with Crippen LogP contribution in [0.5, 0.6) is 0 Å². The summed E-state index contributed by atoms with van der Waals surface area (Å²) in [5.74, 6) is -0.980. The molecule has 0 aliphatic heterocycles. The molecule has 3 N–H and O–H groups in total. The van der Waals surface area contributed by atoms with Crippen molar-refractivity contribution in [3.05, 3.63) is 29.6 Å². The first-order valence-corrected chi connectivity index (χ1v) is 7.73. The van der Waals surface area contributed by atoms with Crippen molar-refractivity contribution in [3.8, 4) is 0 Å². The van der Waals surface area contributed by atoms with Gasteiger partial charge in [0.2, 0.25) is 0 Å². The van der Waals surface area contributed by atoms with E-state index in [9.17, 15) is 9.59 Å². The summed E-state index contributed by atoms with van der Waals surface area (Å²) in [5, 5.41) is 14.7. The molecule has 0 spiro atoms. The number of carboxylic acid groups (broad SMARTS) is 1. The number of urea groups is 1. The van der Waals surface area contributed by atoms with E-state index >= 15 is 0 Å². The molecule has 1 aliphatic carbocycles. The van der Waals surface area contributed by atoms with Gasteiger partial charge in [0.05, 0.1) is 5.92 Å². The number of carboxylic acids is 1. The van der Waals surface area contributed by atoms with E-state index in [1.54, 1.807) is 6.20 Å². The van der Waals surface area contributed by atoms with Crippen molar-refractivity contribution in [1.82, 2.24) is 15.6 Å². The molecular formula is C16H23N3O3. The maximum absolute atomic E-state index is 11.9. The molecule has 6 heteroatoms. The Bertz CT molecular complexity index is 525. The van der Waals surface area contributed by atoms with Crippen LogP contribution in [0.15, 0.2) is 18.5 Å². The minimum Gasteiger partial charge on any atom is -0.481 e. The lowest BCUT2D eigenvalue weighted by molar-refractivity contribution is -0.142. The number of nitrogens with one attached hydrogen (secondary N) is 2. The lowest BCUT2D eigenvalue weighted by Crippen LogP contribution is -2.44. The Labute approximate surface area is 130 Å². The van der Waals surface area contributed by atoms with Gasteiger partial charge in [0.1, 0.15) is 0 Å². The molecule has 0 unspecified atom stereocenters. The molecule has 0 bridgehead atoms. The zero-order valence-electron chi connectivity index (χ0n) is 12.8. The van der Waals surface area contributed by atoms with E-state index in [1.807, 2.05) is 19.2 Å². The summed E-state index contributed by atoms with van der Waals surface area (Å²) in [7, 11) is 0. The van der Waals surface area contributed by atoms with E-state index in [0.717, 1.165) is 24.8 Å². The van der Waals surface area contributed by atoms with Crippen LogP contribution in [0, 0.1) is 12.8 Å². The van der Waals surface area contributed by atoms with E-state index in [0.29, 0.717) is 19.4 Å². The average Bonchev–Trinajstić information content (AvgIpc) is 2.50. The molecule has 1 aromatic heterocycles. The minimum atomic E-state index is -0.726. The molecule has 1 aliphatic rings. The summed E-state index contributed by atoms with van der Waals surface area (Å²) in [6.45, 7) is 2.57. The normalized spacial score (nSPS) is 21.1. The van der Waals surface area contributed by atoms with Gasteiger partial charge >= 0.3 is 12.0 Å². The van der Waals surface area contributed by atoms with Gasteiger partial charge in [-0.1, -0.05) is 0 Å². The molecular weight excluding hydrogens is 282 g/mol. The Kier molecular flexibility index (Phi) is 5.75. The summed E-state index contributed by atoms with van der Waals surface area (Å²) < 4.78 is 0. The van der Waals surface area contributed by atoms with Crippen molar-refractivity contribution < 1.29 is 14.7 Å². The lowest BCUT2D eigenvalue weighted by Gasteiger charge is -2.26. The molecule has 22 heavy (non-hydrogen) atoms. The van der Waals surface area contributed by atoms with Crippen LogP contribution in [0.3, 0.4) is 0 Å². The van der Waals surface area contributed by atoms with Crippen LogP contribution < -0.4 is 10.6 Å². The predicted octanol–water partition coefficient (Wildman–Crippen LogP) is 1.88. The molecule has 1 aromatic rings. The first-order chi connectivity index (χ1) is 10.6. The highest BCUT2D eigenvalue weighted by Gasteiger charge is 2.26. The van der Waals surface area contributed by atoms with Crippen LogP contribution in [-0.2, 0) is 11.2 Å². The van der Waals surface area contributed by atoms with Crippen molar-refractivity contribution in [2.24, 2.45) is 5.92 Å². The van der Waals surface area contributed by atoms with Gasteiger partial charge in [0.25, 0.3) is 0 Å². The molecule has 1 heterocycles. The van der Waals surface area contributed by atoms with Crippen molar-refractivity contribution in [2.75, 3.05) is 6.54 Å². The minimum absolute atomic E-state index is 0.0817. The second-order valence-electron chi connectivity index (χ2n) is 5.84. The fourth-order valence-corrected chi connectivity index (χ4v) is 2.81. The summed E-state index contributed by atoms with van der Waals surface area (Å²) in [6.07, 6.45) is 7.07. The number of amides is 2. The third-order valence-electron chi connectivity index (χ3n) is 4.23. The van der Waals surface area contributed by atoms with Gasteiger partial charge in [-0.3, -0.25) is 9.78 Å². The highest BCUT2D eigenvalue weighted by atomic mass is 16.4. The van der Waals surface area contributed by atoms with Crippen LogP contribution >= 0.6 is 0 Å². The first-order valence-electron chi connectivity index (χ1n) is 7.73. The van der Waals surface area contributed by atoms with E-state index < -0.39 is 5.97 Å². The lowest BCUT2D eigenvalue weighted by atomic mass is 9.86. The molecule has 6 nitrogen and oxygen atoms in total. The third kappa shape index (κ3) is 4.72. The third-order valence-corrected chi connectivity index (χ3v) is 4.23. The summed E-state index contributed by atoms with van der Waals surface area (Å²) in [4.78, 5) is 26.8. The quantitative estimate of drug-likeness (QED) is 0.774. The number of pyridine rings is 1. The Morgan fingerprint density at radius 1 is 1.32 bits per heavy atom. The first kappa shape index (κ1) is 16.3. The van der Waals surface area contributed by atoms with Crippen LogP contribution in [0.25, 0.3) is 0 Å². The van der Waals surface area contributed by atoms with Gasteiger partial charge in [0, 0.05) is 25.0 Å². The van der Waals surface area contributed by atoms with E-state index in [4.69, 9.17) is 5.11 Å². The predicted molar refractivity (Wildman–Crippen MR) is 82.6 cm³/mol. The van der Waals surface area contributed by atoms with Gasteiger partial charge in [-0.15, -0.1) is 0 Å². The number of rotatable bonds is 5. The van der Waals surface area contributed by atoms with Crippen molar-refractivity contribution in [1.29, 1.82) is 0 Å². The number of aryl methyl sites for hydroxylation is 1. The Morgan fingerprint density at radius 2 is 2.05 bits per heavy atom. The monoisotopic (exact) mass is 305 g/mol. The van der Waals surface area contributed by atoms with Crippen molar-refractivity contribution in [2.45, 2.75) is 45.1 Å². The Morgan fingerprint density at radius 3 is 2.68 bits per heavy atom. The number of hydrogen-bond acceptors (Lipinski definition) is 3. The smallest absolute Gasteiger partial charge is 0.315 e. The van der Waals surface area contributed by atoms with Gasteiger partial charge in [-0.05, 0) is 56.2 Å². The molecule has 1 fully saturated rings. The van der Waals surface area contributed by atoms with E-state index in [-0.39, 0.29) is 18.0 Å². The zero-order chi connectivity index (χ0) is 15.9. The molecule has 0 atom stereocenters. The average molecular weight is 305 g/mol. The molecule has 1 saturated carbocycles. The molecule has 2 amide bonds. The largest absolute Gasteiger partial charge is 0.481 e. The molecule has 0 saturated heterocycles. The Balaban J connectivity index is 1.66. The van der Waals surface area contributed by atoms with Crippen molar-refractivity contribution >= 4 is 12.0 Å². The van der Waals surface area contributed by atoms with Crippen molar-refractivity contribution in [3.63, 3.8) is 0 Å². The molecule has 0 aromatic carbocycles. The SMILES string of the molecule is Cc1cnccc1CCNC(=O)NC1CCC(C(=O)O)CC1. The fourth-order valence-electron chi connectivity index (χ4n) is 2.81. The zero-order valence-corrected chi connectivity index (χ0v) is 12.8. The number of aromatic nitrogens is 1. The highest BCUT2D eigenvalue weighted by Crippen LogP contribution is 2.24. The summed E-state index contributed by atoms with van der Waals surface area (Å²) in [5.41, 5.74) is 2.30. The second-order valence-corrected chi connectivity index (χ2v) is 5.84. The summed E-state index contributed by atoms with van der Waals surface area (Å²) in [6, 6.07) is 1.87. The number of nitrogens with zero attached hydrogens (tertiary/aromatic N) is 1. The number of hydrogen-bond donors (Lipinski definition) is 3. The fraction of sp³-hybridized carbons (Fsp3) is 0.562. The van der Waals surface area contributed by atoms with Crippen LogP contribution in [0.1, 0.15) is 36.8 Å². The molecule has 0 radical (unpaired) electrons. The topological polar surface area (TPSA) is 91.3 Å². The van der Waals surface area contributed by atoms with E-state index in [1.165, 1.54) is 5.56 Å². The van der Waals surface area contributed by atoms with Crippen LogP contribution in [-0.4, -0.2) is 34.7 Å². The van der Waals surface area contributed by atoms with E-state index in [2.05, 4.69) is 15.6 Å². The molecule has 120 valence electrons. The van der Waals surface area contributed by atoms with Crippen LogP contribution in [0.4, 0.5) is 4.79 Å². The maximum atomic E-state index is 11.9. The van der Waals surface area contributed by atoms with Gasteiger partial charge < -0.3 is 15.7 Å². The number of carbonyl (C=O) groups excluding carboxylic acids is 1. The van der Waals surface area contributed by atoms with Gasteiger partial charge in [-0.25, -0.2) is 4.79 Å². The summed E-state index contributed by atoms with van der Waals surface area (Å²) >= 11 is 0. The Hall–Kier alpha value is -2.11. The number of carbonyl (C=O) groups is 2.